The van der Waals surface area contributed by atoms with Gasteiger partial charge in [-0.3, -0.25) is 14.8 Å². The monoisotopic (exact) mass is 334 g/mol. The van der Waals surface area contributed by atoms with Crippen molar-refractivity contribution in [1.29, 1.82) is 0 Å². The molecule has 0 saturated carbocycles. The van der Waals surface area contributed by atoms with Crippen molar-refractivity contribution in [1.82, 2.24) is 19.8 Å². The molecule has 2 aromatic heterocycles. The fourth-order valence-electron chi connectivity index (χ4n) is 3.12. The minimum Gasteiger partial charge on any atom is -0.295 e. The lowest BCUT2D eigenvalue weighted by atomic mass is 10.1. The molecule has 23 heavy (non-hydrogen) atoms. The molecule has 0 spiro atoms. The third-order valence-electron chi connectivity index (χ3n) is 4.45. The van der Waals surface area contributed by atoms with Crippen molar-refractivity contribution in [3.05, 3.63) is 45.4 Å². The summed E-state index contributed by atoms with van der Waals surface area (Å²) in [5, 5.41) is 1.14. The zero-order valence-corrected chi connectivity index (χ0v) is 14.7. The molecule has 1 unspecified atom stereocenters. The SMILES string of the molecule is Cc1nc(C)c(CN2CCN(Cc3ccncc3F)C(C)C2)s1. The first-order valence-corrected chi connectivity index (χ1v) is 8.82. The Hall–Kier alpha value is -1.37. The number of aryl methyl sites for hydroxylation is 2. The van der Waals surface area contributed by atoms with Crippen LogP contribution < -0.4 is 0 Å². The second-order valence-electron chi connectivity index (χ2n) is 6.26. The van der Waals surface area contributed by atoms with E-state index in [0.717, 1.165) is 42.4 Å². The van der Waals surface area contributed by atoms with Gasteiger partial charge in [-0.05, 0) is 26.8 Å². The summed E-state index contributed by atoms with van der Waals surface area (Å²) in [4.78, 5) is 14.5. The molecule has 3 rings (SSSR count). The maximum Gasteiger partial charge on any atom is 0.145 e. The lowest BCUT2D eigenvalue weighted by Crippen LogP contribution is -2.50. The summed E-state index contributed by atoms with van der Waals surface area (Å²) in [7, 11) is 0. The fourth-order valence-corrected chi connectivity index (χ4v) is 4.10. The number of hydrogen-bond donors (Lipinski definition) is 0. The zero-order valence-electron chi connectivity index (χ0n) is 13.9. The normalized spacial score (nSPS) is 20.1. The van der Waals surface area contributed by atoms with Crippen LogP contribution in [0.4, 0.5) is 4.39 Å². The first-order valence-electron chi connectivity index (χ1n) is 8.00. The average Bonchev–Trinajstić information content (AvgIpc) is 2.82. The Labute approximate surface area is 141 Å². The smallest absolute Gasteiger partial charge is 0.145 e. The molecule has 1 saturated heterocycles. The number of hydrogen-bond acceptors (Lipinski definition) is 5. The lowest BCUT2D eigenvalue weighted by molar-refractivity contribution is 0.0729. The Morgan fingerprint density at radius 2 is 2.13 bits per heavy atom. The quantitative estimate of drug-likeness (QED) is 0.860. The van der Waals surface area contributed by atoms with E-state index in [1.807, 2.05) is 0 Å². The molecular weight excluding hydrogens is 311 g/mol. The van der Waals surface area contributed by atoms with E-state index in [1.54, 1.807) is 23.6 Å². The number of nitrogens with zero attached hydrogens (tertiary/aromatic N) is 4. The van der Waals surface area contributed by atoms with Crippen molar-refractivity contribution in [3.8, 4) is 0 Å². The van der Waals surface area contributed by atoms with Crippen LogP contribution in [0.5, 0.6) is 0 Å². The molecule has 0 bridgehead atoms. The third kappa shape index (κ3) is 3.94. The summed E-state index contributed by atoms with van der Waals surface area (Å²) >= 11 is 1.79. The predicted molar refractivity (Wildman–Crippen MR) is 90.9 cm³/mol. The molecule has 0 radical (unpaired) electrons. The highest BCUT2D eigenvalue weighted by Crippen LogP contribution is 2.22. The fraction of sp³-hybridized carbons (Fsp3) is 0.529. The lowest BCUT2D eigenvalue weighted by Gasteiger charge is -2.39. The second-order valence-corrected chi connectivity index (χ2v) is 7.55. The van der Waals surface area contributed by atoms with Crippen molar-refractivity contribution >= 4 is 11.3 Å². The molecule has 1 fully saturated rings. The number of rotatable bonds is 4. The molecule has 2 aromatic rings. The predicted octanol–water partition coefficient (Wildman–Crippen LogP) is 3.00. The summed E-state index contributed by atoms with van der Waals surface area (Å²) in [5.41, 5.74) is 1.88. The van der Waals surface area contributed by atoms with Crippen molar-refractivity contribution < 1.29 is 4.39 Å². The van der Waals surface area contributed by atoms with Crippen molar-refractivity contribution in [3.63, 3.8) is 0 Å². The van der Waals surface area contributed by atoms with Crippen LogP contribution >= 0.6 is 11.3 Å². The van der Waals surface area contributed by atoms with E-state index in [9.17, 15) is 4.39 Å². The van der Waals surface area contributed by atoms with Crippen LogP contribution in [0, 0.1) is 19.7 Å². The molecule has 3 heterocycles. The van der Waals surface area contributed by atoms with E-state index in [1.165, 1.54) is 11.1 Å². The van der Waals surface area contributed by atoms with E-state index in [-0.39, 0.29) is 5.82 Å². The molecule has 0 aliphatic carbocycles. The van der Waals surface area contributed by atoms with Gasteiger partial charge < -0.3 is 0 Å². The molecule has 1 aliphatic heterocycles. The van der Waals surface area contributed by atoms with Gasteiger partial charge in [0.25, 0.3) is 0 Å². The minimum absolute atomic E-state index is 0.210. The van der Waals surface area contributed by atoms with Crippen LogP contribution in [0.25, 0.3) is 0 Å². The summed E-state index contributed by atoms with van der Waals surface area (Å²) in [5.74, 6) is -0.210. The van der Waals surface area contributed by atoms with Crippen LogP contribution in [-0.2, 0) is 13.1 Å². The minimum atomic E-state index is -0.210. The molecule has 6 heteroatoms. The molecule has 4 nitrogen and oxygen atoms in total. The Morgan fingerprint density at radius 3 is 2.78 bits per heavy atom. The molecule has 1 atom stereocenters. The number of pyridine rings is 1. The molecule has 0 amide bonds. The van der Waals surface area contributed by atoms with Crippen molar-refractivity contribution in [2.45, 2.75) is 39.9 Å². The van der Waals surface area contributed by atoms with Gasteiger partial charge in [0.2, 0.25) is 0 Å². The molecule has 0 aromatic carbocycles. The molecule has 0 N–H and O–H groups in total. The summed E-state index contributed by atoms with van der Waals surface area (Å²) in [6, 6.07) is 2.18. The number of aromatic nitrogens is 2. The van der Waals surface area contributed by atoms with Gasteiger partial charge in [-0.15, -0.1) is 11.3 Å². The van der Waals surface area contributed by atoms with Crippen LogP contribution in [0.15, 0.2) is 18.5 Å². The Bertz CT molecular complexity index is 672. The van der Waals surface area contributed by atoms with E-state index < -0.39 is 0 Å². The number of thiazole rings is 1. The van der Waals surface area contributed by atoms with Crippen LogP contribution in [0.1, 0.15) is 28.1 Å². The van der Waals surface area contributed by atoms with Gasteiger partial charge >= 0.3 is 0 Å². The highest BCUT2D eigenvalue weighted by atomic mass is 32.1. The first-order chi connectivity index (χ1) is 11.0. The third-order valence-corrected chi connectivity index (χ3v) is 5.50. The van der Waals surface area contributed by atoms with Gasteiger partial charge in [0.1, 0.15) is 5.82 Å². The second kappa shape index (κ2) is 7.03. The van der Waals surface area contributed by atoms with Crippen LogP contribution in [0.2, 0.25) is 0 Å². The van der Waals surface area contributed by atoms with E-state index in [0.29, 0.717) is 12.6 Å². The number of piperazine rings is 1. The van der Waals surface area contributed by atoms with Gasteiger partial charge in [0.15, 0.2) is 0 Å². The van der Waals surface area contributed by atoms with Gasteiger partial charge in [0.05, 0.1) is 16.9 Å². The molecular formula is C17H23FN4S. The Balaban J connectivity index is 1.59. The highest BCUT2D eigenvalue weighted by Gasteiger charge is 2.25. The largest absolute Gasteiger partial charge is 0.295 e. The standard InChI is InChI=1S/C17H23FN4S/c1-12-9-21(11-17-13(2)20-14(3)23-17)6-7-22(12)10-15-4-5-19-8-16(15)18/h4-5,8,12H,6-7,9-11H2,1-3H3. The van der Waals surface area contributed by atoms with Crippen molar-refractivity contribution in [2.24, 2.45) is 0 Å². The van der Waals surface area contributed by atoms with Gasteiger partial charge in [0, 0.05) is 55.4 Å². The van der Waals surface area contributed by atoms with Gasteiger partial charge in [-0.2, -0.15) is 0 Å². The van der Waals surface area contributed by atoms with Crippen LogP contribution in [0.3, 0.4) is 0 Å². The van der Waals surface area contributed by atoms with Crippen LogP contribution in [-0.4, -0.2) is 45.4 Å². The first kappa shape index (κ1) is 16.5. The summed E-state index contributed by atoms with van der Waals surface area (Å²) in [6.45, 7) is 11.0. The molecule has 1 aliphatic rings. The molecule has 124 valence electrons. The maximum absolute atomic E-state index is 13.8. The number of halogens is 1. The zero-order chi connectivity index (χ0) is 16.4. The highest BCUT2D eigenvalue weighted by molar-refractivity contribution is 7.11. The van der Waals surface area contributed by atoms with Crippen molar-refractivity contribution in [2.75, 3.05) is 19.6 Å². The maximum atomic E-state index is 13.8. The van der Waals surface area contributed by atoms with E-state index in [4.69, 9.17) is 0 Å². The summed E-state index contributed by atoms with van der Waals surface area (Å²) in [6.07, 6.45) is 2.96. The van der Waals surface area contributed by atoms with E-state index >= 15 is 0 Å². The van der Waals surface area contributed by atoms with E-state index in [2.05, 4.69) is 40.5 Å². The average molecular weight is 334 g/mol. The Kier molecular flexibility index (Phi) is 5.04. The Morgan fingerprint density at radius 1 is 1.30 bits per heavy atom. The van der Waals surface area contributed by atoms with Gasteiger partial charge in [-0.25, -0.2) is 9.37 Å². The topological polar surface area (TPSA) is 32.3 Å². The van der Waals surface area contributed by atoms with Gasteiger partial charge in [-0.1, -0.05) is 0 Å². The summed E-state index contributed by atoms with van der Waals surface area (Å²) < 4.78 is 13.8.